The van der Waals surface area contributed by atoms with Crippen molar-refractivity contribution in [1.29, 1.82) is 0 Å². The van der Waals surface area contributed by atoms with E-state index in [1.165, 1.54) is 64.2 Å². The number of hydrogen-bond acceptors (Lipinski definition) is 4. The van der Waals surface area contributed by atoms with Crippen LogP contribution >= 0.6 is 0 Å². The first kappa shape index (κ1) is 37.4. The van der Waals surface area contributed by atoms with Crippen LogP contribution in [0.5, 0.6) is 0 Å². The summed E-state index contributed by atoms with van der Waals surface area (Å²) < 4.78 is 0. The van der Waals surface area contributed by atoms with Crippen molar-refractivity contribution >= 4 is 17.7 Å². The summed E-state index contributed by atoms with van der Waals surface area (Å²) in [5.74, 6) is -0.340. The number of carbonyl (C=O) groups is 3. The highest BCUT2D eigenvalue weighted by molar-refractivity contribution is 5.92. The molecule has 0 spiro atoms. The topological polar surface area (TPSA) is 108 Å². The molecule has 0 saturated heterocycles. The molecule has 7 heteroatoms. The number of carbonyl (C=O) groups excluding carboxylic acids is 3. The van der Waals surface area contributed by atoms with Crippen molar-refractivity contribution in [1.82, 2.24) is 16.0 Å². The Hall–Kier alpha value is -1.63. The normalized spacial score (nSPS) is 14.6. The third-order valence-corrected chi connectivity index (χ3v) is 7.30. The number of nitrogens with one attached hydrogen (secondary N) is 3. The lowest BCUT2D eigenvalue weighted by Crippen LogP contribution is -2.56. The third-order valence-electron chi connectivity index (χ3n) is 7.30. The van der Waals surface area contributed by atoms with Gasteiger partial charge in [0.2, 0.25) is 17.7 Å². The second kappa shape index (κ2) is 23.1. The second-order valence-corrected chi connectivity index (χ2v) is 12.5. The molecule has 0 aromatic heterocycles. The average molecular weight is 554 g/mol. The van der Waals surface area contributed by atoms with Crippen molar-refractivity contribution in [3.8, 4) is 0 Å². The minimum absolute atomic E-state index is 0.105. The molecule has 0 saturated carbocycles. The molecule has 230 valence electrons. The van der Waals surface area contributed by atoms with Crippen LogP contribution < -0.4 is 16.0 Å². The summed E-state index contributed by atoms with van der Waals surface area (Å²) in [5, 5.41) is 18.3. The number of unbranched alkanes of at least 4 members (excludes halogenated alkanes) is 12. The van der Waals surface area contributed by atoms with E-state index in [9.17, 15) is 19.5 Å². The lowest BCUT2D eigenvalue weighted by Gasteiger charge is -2.26. The van der Waals surface area contributed by atoms with Crippen LogP contribution in [-0.4, -0.2) is 47.1 Å². The fourth-order valence-electron chi connectivity index (χ4n) is 4.69. The Morgan fingerprint density at radius 3 is 1.36 bits per heavy atom. The van der Waals surface area contributed by atoms with E-state index in [1.54, 1.807) is 13.8 Å². The van der Waals surface area contributed by atoms with Crippen molar-refractivity contribution in [2.75, 3.05) is 0 Å². The van der Waals surface area contributed by atoms with E-state index in [0.29, 0.717) is 19.3 Å². The molecule has 4 N–H and O–H groups in total. The highest BCUT2D eigenvalue weighted by atomic mass is 16.3. The number of aliphatic hydroxyl groups excluding tert-OH is 1. The maximum Gasteiger partial charge on any atom is 0.243 e. The van der Waals surface area contributed by atoms with E-state index < -0.39 is 24.2 Å². The fourth-order valence-corrected chi connectivity index (χ4v) is 4.69. The fraction of sp³-hybridized carbons (Fsp3) is 0.906. The molecule has 4 atom stereocenters. The van der Waals surface area contributed by atoms with Crippen LogP contribution in [0.4, 0.5) is 0 Å². The van der Waals surface area contributed by atoms with Gasteiger partial charge in [0.25, 0.3) is 0 Å². The van der Waals surface area contributed by atoms with E-state index in [-0.39, 0.29) is 29.6 Å². The van der Waals surface area contributed by atoms with Gasteiger partial charge in [-0.1, -0.05) is 112 Å². The maximum atomic E-state index is 13.2. The second-order valence-electron chi connectivity index (χ2n) is 12.5. The summed E-state index contributed by atoms with van der Waals surface area (Å²) in [6.45, 7) is 13.6. The van der Waals surface area contributed by atoms with Crippen molar-refractivity contribution < 1.29 is 19.5 Å². The summed E-state index contributed by atoms with van der Waals surface area (Å²) in [7, 11) is 0. The molecule has 3 amide bonds. The molecule has 0 aliphatic carbocycles. The third kappa shape index (κ3) is 20.9. The first-order valence-electron chi connectivity index (χ1n) is 16.1. The molecule has 7 nitrogen and oxygen atoms in total. The van der Waals surface area contributed by atoms with Gasteiger partial charge in [0.1, 0.15) is 12.1 Å². The van der Waals surface area contributed by atoms with Crippen molar-refractivity contribution in [3.63, 3.8) is 0 Å². The highest BCUT2D eigenvalue weighted by Crippen LogP contribution is 2.14. The van der Waals surface area contributed by atoms with Gasteiger partial charge in [0.05, 0.1) is 12.1 Å². The van der Waals surface area contributed by atoms with Crippen LogP contribution in [0.25, 0.3) is 0 Å². The highest BCUT2D eigenvalue weighted by Gasteiger charge is 2.28. The number of amides is 3. The predicted octanol–water partition coefficient (Wildman–Crippen LogP) is 6.42. The number of rotatable bonds is 24. The summed E-state index contributed by atoms with van der Waals surface area (Å²) in [6.07, 6.45) is 17.0. The van der Waals surface area contributed by atoms with E-state index >= 15 is 0 Å². The molecule has 0 aromatic rings. The number of hydrogen-bond donors (Lipinski definition) is 4. The van der Waals surface area contributed by atoms with E-state index in [1.807, 2.05) is 27.7 Å². The Balaban J connectivity index is 4.49. The summed E-state index contributed by atoms with van der Waals surface area (Å²) in [4.78, 5) is 38.6. The van der Waals surface area contributed by atoms with Crippen LogP contribution in [0.3, 0.4) is 0 Å². The zero-order valence-corrected chi connectivity index (χ0v) is 26.4. The molecule has 0 unspecified atom stereocenters. The Bertz CT molecular complexity index is 651. The van der Waals surface area contributed by atoms with E-state index in [4.69, 9.17) is 0 Å². The van der Waals surface area contributed by atoms with E-state index in [0.717, 1.165) is 19.3 Å². The maximum absolute atomic E-state index is 13.2. The van der Waals surface area contributed by atoms with Gasteiger partial charge in [-0.3, -0.25) is 14.4 Å². The Kier molecular flexibility index (Phi) is 22.1. The van der Waals surface area contributed by atoms with Gasteiger partial charge in [-0.15, -0.1) is 0 Å². The lowest BCUT2D eigenvalue weighted by atomic mass is 9.99. The molecular weight excluding hydrogens is 490 g/mol. The van der Waals surface area contributed by atoms with Crippen LogP contribution in [0, 0.1) is 11.8 Å². The predicted molar refractivity (Wildman–Crippen MR) is 162 cm³/mol. The molecule has 0 bridgehead atoms. The van der Waals surface area contributed by atoms with Crippen LogP contribution in [0.1, 0.15) is 151 Å². The van der Waals surface area contributed by atoms with Gasteiger partial charge in [-0.25, -0.2) is 0 Å². The average Bonchev–Trinajstić information content (AvgIpc) is 2.85. The zero-order chi connectivity index (χ0) is 29.6. The summed E-state index contributed by atoms with van der Waals surface area (Å²) in [5.41, 5.74) is 0. The van der Waals surface area contributed by atoms with Crippen LogP contribution in [-0.2, 0) is 14.4 Å². The van der Waals surface area contributed by atoms with Gasteiger partial charge in [-0.2, -0.15) is 0 Å². The van der Waals surface area contributed by atoms with Gasteiger partial charge in [0.15, 0.2) is 0 Å². The Labute approximate surface area is 240 Å². The van der Waals surface area contributed by atoms with Crippen molar-refractivity contribution in [2.24, 2.45) is 11.8 Å². The zero-order valence-electron chi connectivity index (χ0n) is 26.4. The van der Waals surface area contributed by atoms with Crippen molar-refractivity contribution in [2.45, 2.75) is 175 Å². The molecule has 0 aliphatic heterocycles. The van der Waals surface area contributed by atoms with Crippen LogP contribution in [0.2, 0.25) is 0 Å². The van der Waals surface area contributed by atoms with E-state index in [2.05, 4.69) is 22.9 Å². The number of aliphatic hydroxyl groups is 1. The van der Waals surface area contributed by atoms with Gasteiger partial charge >= 0.3 is 0 Å². The van der Waals surface area contributed by atoms with Gasteiger partial charge < -0.3 is 21.1 Å². The summed E-state index contributed by atoms with van der Waals surface area (Å²) in [6, 6.07) is -1.81. The summed E-state index contributed by atoms with van der Waals surface area (Å²) >= 11 is 0. The Morgan fingerprint density at radius 2 is 0.949 bits per heavy atom. The van der Waals surface area contributed by atoms with Crippen molar-refractivity contribution in [3.05, 3.63) is 0 Å². The SMILES string of the molecule is CCCCCCCCCCCCCCCC(=O)N[C@@H](CC(C)C)C(=O)N[C@@H](CC(C)C)C(=O)N[C@H](C)[C@@H](C)O. The molecule has 0 heterocycles. The minimum atomic E-state index is -0.716. The molecule has 39 heavy (non-hydrogen) atoms. The first-order chi connectivity index (χ1) is 18.5. The molecular formula is C32H63N3O4. The smallest absolute Gasteiger partial charge is 0.243 e. The van der Waals surface area contributed by atoms with Gasteiger partial charge in [-0.05, 0) is 44.9 Å². The van der Waals surface area contributed by atoms with Crippen LogP contribution in [0.15, 0.2) is 0 Å². The quantitative estimate of drug-likeness (QED) is 0.104. The lowest BCUT2D eigenvalue weighted by molar-refractivity contribution is -0.133. The first-order valence-corrected chi connectivity index (χ1v) is 16.1. The monoisotopic (exact) mass is 553 g/mol. The molecule has 0 fully saturated rings. The molecule has 0 aliphatic rings. The molecule has 0 aromatic carbocycles. The molecule has 0 radical (unpaired) electrons. The Morgan fingerprint density at radius 1 is 0.564 bits per heavy atom. The largest absolute Gasteiger partial charge is 0.391 e. The standard InChI is InChI=1S/C32H63N3O4/c1-8-9-10-11-12-13-14-15-16-17-18-19-20-21-30(37)34-28(22-24(2)3)32(39)35-29(23-25(4)5)31(38)33-26(6)27(7)36/h24-29,36H,8-23H2,1-7H3,(H,33,38)(H,34,37)(H,35,39)/t26-,27-,28+,29+/m1/s1. The minimum Gasteiger partial charge on any atom is -0.391 e. The molecule has 0 rings (SSSR count). The van der Waals surface area contributed by atoms with Gasteiger partial charge in [0, 0.05) is 6.42 Å².